The van der Waals surface area contributed by atoms with E-state index in [4.69, 9.17) is 17.3 Å². The highest BCUT2D eigenvalue weighted by Gasteiger charge is 2.22. The summed E-state index contributed by atoms with van der Waals surface area (Å²) in [5, 5.41) is 11.4. The van der Waals surface area contributed by atoms with E-state index in [0.717, 1.165) is 0 Å². The molecule has 4 N–H and O–H groups in total. The van der Waals surface area contributed by atoms with Crippen LogP contribution in [0, 0.1) is 0 Å². The zero-order chi connectivity index (χ0) is 19.1. The summed E-state index contributed by atoms with van der Waals surface area (Å²) in [4.78, 5) is 27.1. The van der Waals surface area contributed by atoms with Crippen LogP contribution in [0.4, 0.5) is 0 Å². The van der Waals surface area contributed by atoms with E-state index >= 15 is 0 Å². The molecule has 134 valence electrons. The lowest BCUT2D eigenvalue weighted by Crippen LogP contribution is -2.10. The number of hydrogen-bond acceptors (Lipinski definition) is 4. The normalized spacial score (nSPS) is 11.0. The summed E-state index contributed by atoms with van der Waals surface area (Å²) in [6, 6.07) is 15.5. The third-order valence-corrected chi connectivity index (χ3v) is 5.63. The Bertz CT molecular complexity index is 1230. The number of halogens is 1. The van der Waals surface area contributed by atoms with E-state index in [1.807, 2.05) is 6.07 Å². The van der Waals surface area contributed by atoms with E-state index in [2.05, 4.69) is 4.98 Å². The molecule has 0 atom stereocenters. The lowest BCUT2D eigenvalue weighted by molar-refractivity contribution is 0.100. The molecule has 4 aromatic rings. The number of aromatic amines is 1. The first-order valence-electron chi connectivity index (χ1n) is 8.00. The molecule has 0 saturated heterocycles. The van der Waals surface area contributed by atoms with Gasteiger partial charge in [0.05, 0.1) is 10.9 Å². The van der Waals surface area contributed by atoms with Crippen LogP contribution in [-0.4, -0.2) is 16.0 Å². The monoisotopic (exact) mass is 396 g/mol. The molecule has 27 heavy (non-hydrogen) atoms. The van der Waals surface area contributed by atoms with Crippen molar-refractivity contribution >= 4 is 39.1 Å². The van der Waals surface area contributed by atoms with E-state index in [-0.39, 0.29) is 16.9 Å². The average molecular weight is 397 g/mol. The first-order chi connectivity index (χ1) is 13.0. The van der Waals surface area contributed by atoms with E-state index in [0.29, 0.717) is 36.8 Å². The molecular formula is C20H13ClN2O3S. The van der Waals surface area contributed by atoms with E-state index in [1.54, 1.807) is 48.5 Å². The molecule has 7 heteroatoms. The third kappa shape index (κ3) is 2.89. The molecule has 0 aliphatic rings. The van der Waals surface area contributed by atoms with Crippen molar-refractivity contribution in [3.05, 3.63) is 74.9 Å². The minimum absolute atomic E-state index is 0.128. The number of aromatic nitrogens is 1. The maximum absolute atomic E-state index is 12.5. The minimum atomic E-state index is -0.527. The smallest absolute Gasteiger partial charge is 0.260 e. The summed E-state index contributed by atoms with van der Waals surface area (Å²) in [5.41, 5.74) is 7.36. The number of fused-ring (bicyclic) bond motifs is 1. The fourth-order valence-electron chi connectivity index (χ4n) is 3.05. The fraction of sp³-hybridized carbons (Fsp3) is 0. The third-order valence-electron chi connectivity index (χ3n) is 4.31. The number of hydrogen-bond donors (Lipinski definition) is 3. The van der Waals surface area contributed by atoms with Gasteiger partial charge in [0.25, 0.3) is 5.56 Å². The molecule has 0 fully saturated rings. The van der Waals surface area contributed by atoms with Crippen LogP contribution in [0.25, 0.3) is 32.5 Å². The number of carbonyl (C=O) groups is 1. The lowest BCUT2D eigenvalue weighted by atomic mass is 10.00. The Morgan fingerprint density at radius 2 is 1.63 bits per heavy atom. The van der Waals surface area contributed by atoms with E-state index < -0.39 is 5.91 Å². The largest absolute Gasteiger partial charge is 0.506 e. The molecule has 0 radical (unpaired) electrons. The van der Waals surface area contributed by atoms with E-state index in [1.165, 1.54) is 11.3 Å². The lowest BCUT2D eigenvalue weighted by Gasteiger charge is -2.08. The molecule has 0 saturated carbocycles. The van der Waals surface area contributed by atoms with Crippen molar-refractivity contribution in [1.82, 2.24) is 4.98 Å². The number of benzene rings is 2. The van der Waals surface area contributed by atoms with Crippen LogP contribution in [0.2, 0.25) is 4.34 Å². The summed E-state index contributed by atoms with van der Waals surface area (Å²) >= 11 is 7.60. The van der Waals surface area contributed by atoms with Crippen LogP contribution in [-0.2, 0) is 0 Å². The van der Waals surface area contributed by atoms with Crippen LogP contribution in [0.15, 0.2) is 59.4 Å². The average Bonchev–Trinajstić information content (AvgIpc) is 2.98. The molecule has 2 aromatic carbocycles. The second-order valence-electron chi connectivity index (χ2n) is 5.94. The van der Waals surface area contributed by atoms with Crippen LogP contribution in [0.3, 0.4) is 0 Å². The van der Waals surface area contributed by atoms with Gasteiger partial charge < -0.3 is 15.8 Å². The van der Waals surface area contributed by atoms with Crippen LogP contribution >= 0.6 is 22.9 Å². The van der Waals surface area contributed by atoms with Gasteiger partial charge in [0.2, 0.25) is 5.91 Å². The highest BCUT2D eigenvalue weighted by Crippen LogP contribution is 2.46. The van der Waals surface area contributed by atoms with Crippen molar-refractivity contribution < 1.29 is 9.90 Å². The summed E-state index contributed by atoms with van der Waals surface area (Å²) in [6.45, 7) is 0. The van der Waals surface area contributed by atoms with Crippen molar-refractivity contribution in [2.75, 3.05) is 0 Å². The second kappa shape index (κ2) is 6.57. The second-order valence-corrected chi connectivity index (χ2v) is 7.56. The van der Waals surface area contributed by atoms with Crippen LogP contribution in [0.1, 0.15) is 10.4 Å². The predicted molar refractivity (Wildman–Crippen MR) is 109 cm³/mol. The fourth-order valence-corrected chi connectivity index (χ4v) is 4.43. The molecular weight excluding hydrogens is 384 g/mol. The number of amides is 1. The van der Waals surface area contributed by atoms with Crippen LogP contribution < -0.4 is 11.3 Å². The number of nitrogens with one attached hydrogen (secondary N) is 1. The van der Waals surface area contributed by atoms with Gasteiger partial charge in [0.15, 0.2) is 0 Å². The molecule has 0 spiro atoms. The highest BCUT2D eigenvalue weighted by molar-refractivity contribution is 7.23. The quantitative estimate of drug-likeness (QED) is 0.479. The summed E-state index contributed by atoms with van der Waals surface area (Å²) < 4.78 is 0.424. The van der Waals surface area contributed by atoms with Gasteiger partial charge in [-0.05, 0) is 23.3 Å². The Kier molecular flexibility index (Phi) is 4.22. The maximum atomic E-state index is 12.5. The molecule has 2 aromatic heterocycles. The Morgan fingerprint density at radius 1 is 1.00 bits per heavy atom. The van der Waals surface area contributed by atoms with E-state index in [9.17, 15) is 14.7 Å². The number of H-pyrrole nitrogens is 1. The molecule has 0 aliphatic heterocycles. The van der Waals surface area contributed by atoms with Crippen molar-refractivity contribution in [3.8, 4) is 28.0 Å². The molecule has 2 heterocycles. The molecule has 5 nitrogen and oxygen atoms in total. The van der Waals surface area contributed by atoms with Gasteiger partial charge in [-0.25, -0.2) is 0 Å². The summed E-state index contributed by atoms with van der Waals surface area (Å²) in [6.07, 6.45) is 0. The standard InChI is InChI=1S/C20H13ClN2O3S/c21-17-13(11-6-8-12(9-7-11)18(22)25)15-16(24)14(10-4-2-1-3-5-10)19(26)23-20(15)27-17/h1-9H,(H2,22,25)(H2,23,24,26). The number of thiophene rings is 1. The van der Waals surface area contributed by atoms with Crippen molar-refractivity contribution in [2.45, 2.75) is 0 Å². The predicted octanol–water partition coefficient (Wildman–Crippen LogP) is 4.38. The topological polar surface area (TPSA) is 96.2 Å². The zero-order valence-corrected chi connectivity index (χ0v) is 15.4. The molecule has 0 aliphatic carbocycles. The number of aromatic hydroxyl groups is 1. The minimum Gasteiger partial charge on any atom is -0.506 e. The molecule has 4 rings (SSSR count). The van der Waals surface area contributed by atoms with Gasteiger partial charge in [-0.1, -0.05) is 54.1 Å². The Hall–Kier alpha value is -3.09. The van der Waals surface area contributed by atoms with Gasteiger partial charge in [0.1, 0.15) is 14.9 Å². The Morgan fingerprint density at radius 3 is 2.26 bits per heavy atom. The van der Waals surface area contributed by atoms with Crippen molar-refractivity contribution in [3.63, 3.8) is 0 Å². The van der Waals surface area contributed by atoms with Crippen LogP contribution in [0.5, 0.6) is 5.75 Å². The zero-order valence-electron chi connectivity index (χ0n) is 13.8. The Balaban J connectivity index is 2.01. The number of carbonyl (C=O) groups excluding carboxylic acids is 1. The number of nitrogens with two attached hydrogens (primary N) is 1. The summed E-state index contributed by atoms with van der Waals surface area (Å²) in [7, 11) is 0. The molecule has 0 unspecified atom stereocenters. The Labute approximate surface area is 162 Å². The highest BCUT2D eigenvalue weighted by atomic mass is 35.5. The first kappa shape index (κ1) is 17.3. The SMILES string of the molecule is NC(=O)c1ccc(-c2c(Cl)sc3[nH]c(=O)c(-c4ccccc4)c(O)c23)cc1. The van der Waals surface area contributed by atoms with Gasteiger partial charge in [-0.2, -0.15) is 0 Å². The van der Waals surface area contributed by atoms with Crippen molar-refractivity contribution in [2.24, 2.45) is 5.73 Å². The van der Waals surface area contributed by atoms with Gasteiger partial charge in [0, 0.05) is 11.1 Å². The number of rotatable bonds is 3. The van der Waals surface area contributed by atoms with Gasteiger partial charge in [-0.3, -0.25) is 9.59 Å². The first-order valence-corrected chi connectivity index (χ1v) is 9.19. The van der Waals surface area contributed by atoms with Gasteiger partial charge >= 0.3 is 0 Å². The number of pyridine rings is 1. The maximum Gasteiger partial charge on any atom is 0.260 e. The summed E-state index contributed by atoms with van der Waals surface area (Å²) in [5.74, 6) is -0.654. The number of primary amides is 1. The molecule has 0 bridgehead atoms. The molecule has 1 amide bonds. The van der Waals surface area contributed by atoms with Crippen molar-refractivity contribution in [1.29, 1.82) is 0 Å². The van der Waals surface area contributed by atoms with Gasteiger partial charge in [-0.15, -0.1) is 11.3 Å².